The summed E-state index contributed by atoms with van der Waals surface area (Å²) >= 11 is 5.54. The molecule has 0 aliphatic carbocycles. The van der Waals surface area contributed by atoms with E-state index in [1.165, 1.54) is 0 Å². The highest BCUT2D eigenvalue weighted by molar-refractivity contribution is 14.1. The van der Waals surface area contributed by atoms with Crippen molar-refractivity contribution in [3.05, 3.63) is 31.8 Å². The summed E-state index contributed by atoms with van der Waals surface area (Å²) in [6, 6.07) is 5.68. The topological polar surface area (TPSA) is 55.1 Å². The van der Waals surface area contributed by atoms with E-state index < -0.39 is 0 Å². The first-order valence-electron chi connectivity index (χ1n) is 5.03. The fraction of sp³-hybridized carbons (Fsp3) is 0.364. The predicted molar refractivity (Wildman–Crippen MR) is 77.5 cm³/mol. The lowest BCUT2D eigenvalue weighted by atomic mass is 10.2. The fourth-order valence-corrected chi connectivity index (χ4v) is 2.05. The molecule has 1 unspecified atom stereocenters. The van der Waals surface area contributed by atoms with Crippen molar-refractivity contribution in [1.29, 1.82) is 0 Å². The largest absolute Gasteiger partial charge is 0.350 e. The van der Waals surface area contributed by atoms with Crippen LogP contribution in [0.4, 0.5) is 0 Å². The summed E-state index contributed by atoms with van der Waals surface area (Å²) in [7, 11) is 0. The van der Waals surface area contributed by atoms with Crippen LogP contribution in [0.15, 0.2) is 22.7 Å². The summed E-state index contributed by atoms with van der Waals surface area (Å²) in [4.78, 5) is 11.8. The normalized spacial score (nSPS) is 12.2. The number of rotatable bonds is 4. The van der Waals surface area contributed by atoms with Crippen LogP contribution in [0.1, 0.15) is 23.7 Å². The zero-order valence-electron chi connectivity index (χ0n) is 8.97. The molecule has 3 N–H and O–H groups in total. The Balaban J connectivity index is 2.69. The molecule has 1 amide bonds. The van der Waals surface area contributed by atoms with Crippen molar-refractivity contribution in [1.82, 2.24) is 5.32 Å². The van der Waals surface area contributed by atoms with E-state index in [-0.39, 0.29) is 11.9 Å². The number of carbonyl (C=O) groups is 1. The molecule has 88 valence electrons. The third-order valence-corrected chi connectivity index (χ3v) is 3.58. The molecule has 0 aromatic heterocycles. The highest BCUT2D eigenvalue weighted by atomic mass is 127. The number of hydrogen-bond acceptors (Lipinski definition) is 2. The maximum atomic E-state index is 11.8. The molecule has 0 fully saturated rings. The molecule has 5 heteroatoms. The number of carbonyl (C=O) groups excluding carboxylic acids is 1. The van der Waals surface area contributed by atoms with E-state index in [2.05, 4.69) is 43.8 Å². The number of hydrogen-bond donors (Lipinski definition) is 2. The van der Waals surface area contributed by atoms with Crippen molar-refractivity contribution in [2.24, 2.45) is 5.73 Å². The zero-order valence-corrected chi connectivity index (χ0v) is 12.7. The van der Waals surface area contributed by atoms with Crippen LogP contribution in [0.25, 0.3) is 0 Å². The summed E-state index contributed by atoms with van der Waals surface area (Å²) in [5, 5.41) is 2.82. The Labute approximate surface area is 117 Å². The molecule has 0 aliphatic heterocycles. The lowest BCUT2D eigenvalue weighted by Gasteiger charge is -2.11. The Hall–Kier alpha value is -0.140. The van der Waals surface area contributed by atoms with Crippen molar-refractivity contribution in [2.75, 3.05) is 6.54 Å². The third kappa shape index (κ3) is 4.03. The van der Waals surface area contributed by atoms with E-state index in [9.17, 15) is 4.79 Å². The minimum Gasteiger partial charge on any atom is -0.350 e. The van der Waals surface area contributed by atoms with Crippen LogP contribution in [-0.4, -0.2) is 18.5 Å². The van der Waals surface area contributed by atoms with Gasteiger partial charge in [-0.05, 0) is 63.1 Å². The van der Waals surface area contributed by atoms with Gasteiger partial charge in [0.1, 0.15) is 0 Å². The standard InChI is InChI=1S/C11H14BrIN2O/c1-2-8(14)6-15-11(16)9-5-7(13)3-4-10(9)12/h3-5,8H,2,6,14H2,1H3,(H,15,16). The van der Waals surface area contributed by atoms with Gasteiger partial charge in [-0.1, -0.05) is 6.92 Å². The maximum Gasteiger partial charge on any atom is 0.252 e. The van der Waals surface area contributed by atoms with Crippen LogP contribution in [0.3, 0.4) is 0 Å². The molecule has 1 atom stereocenters. The van der Waals surface area contributed by atoms with Gasteiger partial charge in [0.2, 0.25) is 0 Å². The van der Waals surface area contributed by atoms with Gasteiger partial charge in [-0.3, -0.25) is 4.79 Å². The number of nitrogens with one attached hydrogen (secondary N) is 1. The molecular weight excluding hydrogens is 383 g/mol. The SMILES string of the molecule is CCC(N)CNC(=O)c1cc(I)ccc1Br. The first-order chi connectivity index (χ1) is 7.54. The molecule has 0 bridgehead atoms. The maximum absolute atomic E-state index is 11.8. The summed E-state index contributed by atoms with van der Waals surface area (Å²) in [5.41, 5.74) is 6.39. The molecular formula is C11H14BrIN2O. The second-order valence-corrected chi connectivity index (χ2v) is 5.60. The Bertz CT molecular complexity index is 384. The number of halogens is 2. The van der Waals surface area contributed by atoms with Crippen LogP contribution >= 0.6 is 38.5 Å². The number of amides is 1. The van der Waals surface area contributed by atoms with Gasteiger partial charge >= 0.3 is 0 Å². The molecule has 16 heavy (non-hydrogen) atoms. The number of benzene rings is 1. The van der Waals surface area contributed by atoms with Crippen LogP contribution in [0.5, 0.6) is 0 Å². The summed E-state index contributed by atoms with van der Waals surface area (Å²) in [6.07, 6.45) is 0.855. The Morgan fingerprint density at radius 3 is 2.94 bits per heavy atom. The molecule has 0 saturated heterocycles. The smallest absolute Gasteiger partial charge is 0.252 e. The average molecular weight is 397 g/mol. The second-order valence-electron chi connectivity index (χ2n) is 3.50. The van der Waals surface area contributed by atoms with Crippen molar-refractivity contribution in [3.63, 3.8) is 0 Å². The van der Waals surface area contributed by atoms with Gasteiger partial charge in [-0.2, -0.15) is 0 Å². The van der Waals surface area contributed by atoms with Crippen molar-refractivity contribution < 1.29 is 4.79 Å². The summed E-state index contributed by atoms with van der Waals surface area (Å²) in [5.74, 6) is -0.0886. The Morgan fingerprint density at radius 2 is 2.31 bits per heavy atom. The first kappa shape index (κ1) is 13.9. The Morgan fingerprint density at radius 1 is 1.62 bits per heavy atom. The van der Waals surface area contributed by atoms with Crippen LogP contribution < -0.4 is 11.1 Å². The summed E-state index contributed by atoms with van der Waals surface area (Å²) in [6.45, 7) is 2.51. The van der Waals surface area contributed by atoms with Gasteiger partial charge in [0.25, 0.3) is 5.91 Å². The monoisotopic (exact) mass is 396 g/mol. The molecule has 0 radical (unpaired) electrons. The third-order valence-electron chi connectivity index (χ3n) is 2.22. The van der Waals surface area contributed by atoms with Gasteiger partial charge < -0.3 is 11.1 Å². The molecule has 1 aromatic rings. The molecule has 0 saturated carbocycles. The summed E-state index contributed by atoms with van der Waals surface area (Å²) < 4.78 is 1.83. The van der Waals surface area contributed by atoms with E-state index in [0.717, 1.165) is 14.5 Å². The zero-order chi connectivity index (χ0) is 12.1. The fourth-order valence-electron chi connectivity index (χ4n) is 1.13. The highest BCUT2D eigenvalue weighted by Gasteiger charge is 2.11. The molecule has 1 rings (SSSR count). The van der Waals surface area contributed by atoms with Crippen LogP contribution in [0.2, 0.25) is 0 Å². The van der Waals surface area contributed by atoms with E-state index in [4.69, 9.17) is 5.73 Å². The van der Waals surface area contributed by atoms with Gasteiger partial charge in [-0.15, -0.1) is 0 Å². The van der Waals surface area contributed by atoms with Crippen LogP contribution in [-0.2, 0) is 0 Å². The lowest BCUT2D eigenvalue weighted by Crippen LogP contribution is -2.36. The van der Waals surface area contributed by atoms with Crippen molar-refractivity contribution in [2.45, 2.75) is 19.4 Å². The van der Waals surface area contributed by atoms with E-state index in [1.54, 1.807) is 0 Å². The molecule has 1 aromatic carbocycles. The average Bonchev–Trinajstić information content (AvgIpc) is 2.28. The second kappa shape index (κ2) is 6.56. The first-order valence-corrected chi connectivity index (χ1v) is 6.90. The quantitative estimate of drug-likeness (QED) is 0.768. The molecule has 0 aliphatic rings. The molecule has 0 spiro atoms. The molecule has 3 nitrogen and oxygen atoms in total. The lowest BCUT2D eigenvalue weighted by molar-refractivity contribution is 0.0950. The van der Waals surface area contributed by atoms with Crippen molar-refractivity contribution in [3.8, 4) is 0 Å². The minimum atomic E-state index is -0.0886. The van der Waals surface area contributed by atoms with Gasteiger partial charge in [0, 0.05) is 20.6 Å². The van der Waals surface area contributed by atoms with E-state index in [0.29, 0.717) is 12.1 Å². The van der Waals surface area contributed by atoms with Crippen molar-refractivity contribution >= 4 is 44.4 Å². The minimum absolute atomic E-state index is 0.0190. The van der Waals surface area contributed by atoms with Gasteiger partial charge in [0.05, 0.1) is 5.56 Å². The van der Waals surface area contributed by atoms with Crippen LogP contribution in [0, 0.1) is 3.57 Å². The van der Waals surface area contributed by atoms with E-state index in [1.807, 2.05) is 25.1 Å². The molecule has 0 heterocycles. The number of nitrogens with two attached hydrogens (primary N) is 1. The predicted octanol–water partition coefficient (Wildman–Crippen LogP) is 2.52. The highest BCUT2D eigenvalue weighted by Crippen LogP contribution is 2.19. The Kier molecular flexibility index (Phi) is 5.71. The van der Waals surface area contributed by atoms with E-state index >= 15 is 0 Å². The van der Waals surface area contributed by atoms with Gasteiger partial charge in [-0.25, -0.2) is 0 Å². The van der Waals surface area contributed by atoms with Gasteiger partial charge in [0.15, 0.2) is 0 Å².